The summed E-state index contributed by atoms with van der Waals surface area (Å²) in [5, 5.41) is 6.66. The maximum absolute atomic E-state index is 12.5. The molecule has 3 heteroatoms. The van der Waals surface area contributed by atoms with Gasteiger partial charge in [0.15, 0.2) is 0 Å². The highest BCUT2D eigenvalue weighted by Gasteiger charge is 2.39. The number of hydrogen-bond acceptors (Lipinski definition) is 2. The van der Waals surface area contributed by atoms with Crippen molar-refractivity contribution in [3.05, 3.63) is 29.8 Å². The van der Waals surface area contributed by atoms with E-state index in [-0.39, 0.29) is 5.41 Å². The van der Waals surface area contributed by atoms with Crippen molar-refractivity contribution in [1.29, 1.82) is 0 Å². The maximum atomic E-state index is 12.5. The summed E-state index contributed by atoms with van der Waals surface area (Å²) in [5.74, 6) is 0.824. The van der Waals surface area contributed by atoms with Crippen LogP contribution in [0.25, 0.3) is 0 Å². The summed E-state index contributed by atoms with van der Waals surface area (Å²) in [6, 6.07) is 8.51. The van der Waals surface area contributed by atoms with Gasteiger partial charge >= 0.3 is 0 Å². The molecule has 0 radical (unpaired) electrons. The lowest BCUT2D eigenvalue weighted by Gasteiger charge is -2.26. The second-order valence-electron chi connectivity index (χ2n) is 6.55. The zero-order valence-electron chi connectivity index (χ0n) is 13.0. The van der Waals surface area contributed by atoms with E-state index in [9.17, 15) is 4.79 Å². The van der Waals surface area contributed by atoms with Gasteiger partial charge in [0.2, 0.25) is 5.91 Å². The van der Waals surface area contributed by atoms with Crippen molar-refractivity contribution in [2.45, 2.75) is 51.4 Å². The summed E-state index contributed by atoms with van der Waals surface area (Å²) < 4.78 is 0. The molecule has 1 heterocycles. The number of amides is 1. The highest BCUT2D eigenvalue weighted by Crippen LogP contribution is 2.41. The van der Waals surface area contributed by atoms with Crippen LogP contribution in [0.15, 0.2) is 24.3 Å². The minimum absolute atomic E-state index is 0.0637. The van der Waals surface area contributed by atoms with Crippen LogP contribution in [0.4, 0.5) is 5.69 Å². The molecule has 2 N–H and O–H groups in total. The van der Waals surface area contributed by atoms with Crippen LogP contribution >= 0.6 is 0 Å². The number of carbonyl (C=O) groups is 1. The van der Waals surface area contributed by atoms with E-state index in [2.05, 4.69) is 41.8 Å². The van der Waals surface area contributed by atoms with Gasteiger partial charge in [-0.25, -0.2) is 0 Å². The number of anilines is 1. The van der Waals surface area contributed by atoms with Crippen LogP contribution in [0.2, 0.25) is 0 Å². The molecule has 21 heavy (non-hydrogen) atoms. The molecule has 1 aromatic carbocycles. The third kappa shape index (κ3) is 2.78. The van der Waals surface area contributed by atoms with Crippen LogP contribution in [0.3, 0.4) is 0 Å². The first-order chi connectivity index (χ1) is 10.2. The fourth-order valence-corrected chi connectivity index (χ4v) is 3.96. The quantitative estimate of drug-likeness (QED) is 0.867. The Labute approximate surface area is 127 Å². The van der Waals surface area contributed by atoms with Gasteiger partial charge in [0.1, 0.15) is 0 Å². The number of nitrogens with one attached hydrogen (secondary N) is 2. The molecule has 1 atom stereocenters. The Balaban J connectivity index is 1.52. The average molecular weight is 286 g/mol. The molecule has 1 aromatic rings. The molecule has 1 fully saturated rings. The van der Waals surface area contributed by atoms with Gasteiger partial charge in [-0.2, -0.15) is 0 Å². The van der Waals surface area contributed by atoms with Gasteiger partial charge in [0.05, 0.1) is 0 Å². The van der Waals surface area contributed by atoms with E-state index in [1.165, 1.54) is 24.1 Å². The van der Waals surface area contributed by atoms with Gasteiger partial charge in [0, 0.05) is 30.1 Å². The smallest absolute Gasteiger partial charge is 0.226 e. The predicted octanol–water partition coefficient (Wildman–Crippen LogP) is 3.67. The lowest BCUT2D eigenvalue weighted by Crippen LogP contribution is -2.39. The Morgan fingerprint density at radius 1 is 1.33 bits per heavy atom. The van der Waals surface area contributed by atoms with E-state index < -0.39 is 0 Å². The fraction of sp³-hybridized carbons (Fsp3) is 0.611. The second-order valence-corrected chi connectivity index (χ2v) is 6.55. The molecule has 3 rings (SSSR count). The van der Waals surface area contributed by atoms with Gasteiger partial charge in [0.25, 0.3) is 0 Å². The van der Waals surface area contributed by atoms with Gasteiger partial charge in [-0.3, -0.25) is 4.79 Å². The molecule has 0 spiro atoms. The number of benzene rings is 1. The third-order valence-corrected chi connectivity index (χ3v) is 5.44. The van der Waals surface area contributed by atoms with Crippen LogP contribution in [-0.2, 0) is 4.79 Å². The van der Waals surface area contributed by atoms with Crippen molar-refractivity contribution >= 4 is 11.6 Å². The molecule has 1 amide bonds. The van der Waals surface area contributed by atoms with Crippen LogP contribution < -0.4 is 10.6 Å². The van der Waals surface area contributed by atoms with Crippen molar-refractivity contribution in [2.75, 3.05) is 18.4 Å². The largest absolute Gasteiger partial charge is 0.384 e. The molecule has 1 unspecified atom stereocenters. The highest BCUT2D eigenvalue weighted by atomic mass is 16.2. The number of hydrogen-bond donors (Lipinski definition) is 2. The lowest BCUT2D eigenvalue weighted by molar-refractivity contribution is -0.131. The molecular formula is C18H26N2O. The molecule has 1 aliphatic carbocycles. The molecule has 2 aliphatic rings. The first-order valence-electron chi connectivity index (χ1n) is 8.36. The summed E-state index contributed by atoms with van der Waals surface area (Å²) in [6.45, 7) is 3.94. The number of carbonyl (C=O) groups excluding carboxylic acids is 1. The number of fused-ring (bicyclic) bond motifs is 1. The summed E-state index contributed by atoms with van der Waals surface area (Å²) in [5.41, 5.74) is 2.60. The Hall–Kier alpha value is -1.51. The average Bonchev–Trinajstić information content (AvgIpc) is 3.15. The maximum Gasteiger partial charge on any atom is 0.226 e. The molecule has 114 valence electrons. The van der Waals surface area contributed by atoms with Gasteiger partial charge in [-0.05, 0) is 37.3 Å². The number of para-hydroxylation sites is 1. The minimum Gasteiger partial charge on any atom is -0.384 e. The van der Waals surface area contributed by atoms with Crippen LogP contribution in [0, 0.1) is 5.41 Å². The van der Waals surface area contributed by atoms with Crippen molar-refractivity contribution in [1.82, 2.24) is 5.32 Å². The molecule has 0 aromatic heterocycles. The van der Waals surface area contributed by atoms with Crippen molar-refractivity contribution in [2.24, 2.45) is 5.41 Å². The summed E-state index contributed by atoms with van der Waals surface area (Å²) in [4.78, 5) is 12.5. The summed E-state index contributed by atoms with van der Waals surface area (Å²) in [6.07, 6.45) is 6.57. The van der Waals surface area contributed by atoms with E-state index in [4.69, 9.17) is 0 Å². The second kappa shape index (κ2) is 6.08. The van der Waals surface area contributed by atoms with E-state index in [1.807, 2.05) is 0 Å². The SMILES string of the molecule is CCC1(C(=O)NCCC2CNc3ccccc32)CCCC1. The minimum atomic E-state index is -0.0637. The molecule has 0 saturated heterocycles. The Kier molecular flexibility index (Phi) is 4.18. The van der Waals surface area contributed by atoms with E-state index in [0.717, 1.165) is 38.8 Å². The van der Waals surface area contributed by atoms with Gasteiger partial charge < -0.3 is 10.6 Å². The number of rotatable bonds is 5. The third-order valence-electron chi connectivity index (χ3n) is 5.44. The molecule has 0 bridgehead atoms. The highest BCUT2D eigenvalue weighted by molar-refractivity contribution is 5.82. The van der Waals surface area contributed by atoms with Gasteiger partial charge in [-0.15, -0.1) is 0 Å². The van der Waals surface area contributed by atoms with E-state index >= 15 is 0 Å². The Bertz CT molecular complexity index is 506. The molecule has 1 saturated carbocycles. The van der Waals surface area contributed by atoms with Crippen molar-refractivity contribution < 1.29 is 4.79 Å². The monoisotopic (exact) mass is 286 g/mol. The topological polar surface area (TPSA) is 41.1 Å². The standard InChI is InChI=1S/C18H26N2O/c1-2-18(10-5-6-11-18)17(21)19-12-9-14-13-20-16-8-4-3-7-15(14)16/h3-4,7-8,14,20H,2,5-6,9-13H2,1H3,(H,19,21). The first-order valence-corrected chi connectivity index (χ1v) is 8.36. The van der Waals surface area contributed by atoms with Crippen LogP contribution in [-0.4, -0.2) is 19.0 Å². The van der Waals surface area contributed by atoms with Crippen LogP contribution in [0.5, 0.6) is 0 Å². The molecule has 3 nitrogen and oxygen atoms in total. The summed E-state index contributed by atoms with van der Waals surface area (Å²) >= 11 is 0. The molecule has 1 aliphatic heterocycles. The van der Waals surface area contributed by atoms with Crippen molar-refractivity contribution in [3.63, 3.8) is 0 Å². The molecular weight excluding hydrogens is 260 g/mol. The van der Waals surface area contributed by atoms with Crippen LogP contribution in [0.1, 0.15) is 56.9 Å². The summed E-state index contributed by atoms with van der Waals surface area (Å²) in [7, 11) is 0. The first kappa shape index (κ1) is 14.4. The zero-order chi connectivity index (χ0) is 14.7. The fourth-order valence-electron chi connectivity index (χ4n) is 3.96. The van der Waals surface area contributed by atoms with Crippen molar-refractivity contribution in [3.8, 4) is 0 Å². The van der Waals surface area contributed by atoms with Gasteiger partial charge in [-0.1, -0.05) is 38.0 Å². The predicted molar refractivity (Wildman–Crippen MR) is 86.5 cm³/mol. The van der Waals surface area contributed by atoms with E-state index in [1.54, 1.807) is 0 Å². The Morgan fingerprint density at radius 2 is 2.10 bits per heavy atom. The van der Waals surface area contributed by atoms with E-state index in [0.29, 0.717) is 11.8 Å². The Morgan fingerprint density at radius 3 is 2.86 bits per heavy atom. The lowest BCUT2D eigenvalue weighted by atomic mass is 9.82. The normalized spacial score (nSPS) is 22.6. The zero-order valence-corrected chi connectivity index (χ0v) is 13.0.